The molecule has 1 N–H and O–H groups in total. The summed E-state index contributed by atoms with van der Waals surface area (Å²) in [4.78, 5) is 23.0. The van der Waals surface area contributed by atoms with Crippen LogP contribution in [0.3, 0.4) is 0 Å². The summed E-state index contributed by atoms with van der Waals surface area (Å²) in [6, 6.07) is 12.9. The van der Waals surface area contributed by atoms with Gasteiger partial charge in [-0.25, -0.2) is 9.59 Å². The average Bonchev–Trinajstić information content (AvgIpc) is 2.48. The van der Waals surface area contributed by atoms with E-state index in [0.29, 0.717) is 11.1 Å². The van der Waals surface area contributed by atoms with Crippen LogP contribution in [-0.4, -0.2) is 17.0 Å². The molecule has 0 saturated carbocycles. The van der Waals surface area contributed by atoms with Crippen molar-refractivity contribution in [1.29, 1.82) is 0 Å². The molecule has 2 aromatic carbocycles. The quantitative estimate of drug-likeness (QED) is 0.528. The van der Waals surface area contributed by atoms with E-state index in [1.165, 1.54) is 12.1 Å². The largest absolute Gasteiger partial charge is 0.478 e. The second kappa shape index (κ2) is 6.34. The Bertz CT molecular complexity index is 635. The molecule has 0 spiro atoms. The van der Waals surface area contributed by atoms with Crippen LogP contribution in [0.1, 0.15) is 26.3 Å². The van der Waals surface area contributed by atoms with Crippen molar-refractivity contribution in [3.05, 3.63) is 65.2 Å². The molecule has 4 nitrogen and oxygen atoms in total. The Morgan fingerprint density at radius 3 is 2.15 bits per heavy atom. The van der Waals surface area contributed by atoms with Gasteiger partial charge in [0.15, 0.2) is 0 Å². The normalized spacial score (nSPS) is 10.1. The average molecular weight is 335 g/mol. The van der Waals surface area contributed by atoms with E-state index in [4.69, 9.17) is 9.84 Å². The maximum atomic E-state index is 12.0. The van der Waals surface area contributed by atoms with Gasteiger partial charge in [-0.05, 0) is 29.8 Å². The van der Waals surface area contributed by atoms with Gasteiger partial charge >= 0.3 is 11.9 Å². The third-order valence-electron chi connectivity index (χ3n) is 2.67. The molecule has 20 heavy (non-hydrogen) atoms. The maximum absolute atomic E-state index is 12.0. The molecule has 5 heteroatoms. The first-order chi connectivity index (χ1) is 9.61. The Balaban J connectivity index is 2.21. The molecule has 102 valence electrons. The highest BCUT2D eigenvalue weighted by Crippen LogP contribution is 2.17. The van der Waals surface area contributed by atoms with Crippen molar-refractivity contribution >= 4 is 27.9 Å². The Hall–Kier alpha value is -2.14. The van der Waals surface area contributed by atoms with Gasteiger partial charge in [0.1, 0.15) is 5.75 Å². The highest BCUT2D eigenvalue weighted by Gasteiger charge is 2.17. The van der Waals surface area contributed by atoms with Gasteiger partial charge in [-0.1, -0.05) is 40.2 Å². The lowest BCUT2D eigenvalue weighted by Crippen LogP contribution is -2.13. The van der Waals surface area contributed by atoms with E-state index < -0.39 is 11.9 Å². The monoisotopic (exact) mass is 334 g/mol. The third-order valence-corrected chi connectivity index (χ3v) is 3.31. The molecule has 0 aliphatic carbocycles. The number of hydrogen-bond acceptors (Lipinski definition) is 3. The summed E-state index contributed by atoms with van der Waals surface area (Å²) in [7, 11) is 0. The second-order valence-corrected chi connectivity index (χ2v) is 4.58. The zero-order chi connectivity index (χ0) is 14.5. The van der Waals surface area contributed by atoms with Crippen LogP contribution >= 0.6 is 15.9 Å². The number of alkyl halides is 1. The van der Waals surface area contributed by atoms with Crippen molar-refractivity contribution in [1.82, 2.24) is 0 Å². The van der Waals surface area contributed by atoms with Gasteiger partial charge in [0.05, 0.1) is 11.1 Å². The number of carboxylic acids is 1. The maximum Gasteiger partial charge on any atom is 0.344 e. The van der Waals surface area contributed by atoms with Crippen molar-refractivity contribution in [3.8, 4) is 5.75 Å². The highest BCUT2D eigenvalue weighted by atomic mass is 79.9. The molecule has 0 aliphatic rings. The van der Waals surface area contributed by atoms with Crippen molar-refractivity contribution < 1.29 is 19.4 Å². The van der Waals surface area contributed by atoms with Gasteiger partial charge in [-0.15, -0.1) is 0 Å². The summed E-state index contributed by atoms with van der Waals surface area (Å²) in [6.45, 7) is 0. The Morgan fingerprint density at radius 1 is 1.00 bits per heavy atom. The number of halogens is 1. The fraction of sp³-hybridized carbons (Fsp3) is 0.0667. The molecule has 0 radical (unpaired) electrons. The number of hydrogen-bond donors (Lipinski definition) is 1. The highest BCUT2D eigenvalue weighted by molar-refractivity contribution is 9.08. The first-order valence-electron chi connectivity index (χ1n) is 5.81. The van der Waals surface area contributed by atoms with E-state index in [2.05, 4.69) is 15.9 Å². The number of carbonyl (C=O) groups is 2. The standard InChI is InChI=1S/C15H11BrO4/c16-9-10-5-7-11(8-6-10)20-15(19)13-4-2-1-3-12(13)14(17)18/h1-8H,9H2,(H,17,18). The Morgan fingerprint density at radius 2 is 1.60 bits per heavy atom. The zero-order valence-electron chi connectivity index (χ0n) is 10.4. The summed E-state index contributed by atoms with van der Waals surface area (Å²) in [6.07, 6.45) is 0. The molecule has 2 rings (SSSR count). The van der Waals surface area contributed by atoms with Crippen LogP contribution in [0.2, 0.25) is 0 Å². The van der Waals surface area contributed by atoms with Gasteiger partial charge in [0.25, 0.3) is 0 Å². The van der Waals surface area contributed by atoms with Crippen molar-refractivity contribution in [2.24, 2.45) is 0 Å². The molecule has 0 aromatic heterocycles. The lowest BCUT2D eigenvalue weighted by molar-refractivity contribution is 0.0668. The van der Waals surface area contributed by atoms with Gasteiger partial charge in [-0.3, -0.25) is 0 Å². The minimum absolute atomic E-state index is 0.0320. The number of esters is 1. The fourth-order valence-corrected chi connectivity index (χ4v) is 2.03. The van der Waals surface area contributed by atoms with Crippen LogP contribution in [-0.2, 0) is 5.33 Å². The third kappa shape index (κ3) is 3.24. The lowest BCUT2D eigenvalue weighted by Gasteiger charge is -2.07. The molecule has 0 atom stereocenters. The number of benzene rings is 2. The second-order valence-electron chi connectivity index (χ2n) is 4.02. The molecule has 0 bridgehead atoms. The van der Waals surface area contributed by atoms with Crippen molar-refractivity contribution in [2.45, 2.75) is 5.33 Å². The Labute approximate surface area is 124 Å². The van der Waals surface area contributed by atoms with Gasteiger partial charge in [-0.2, -0.15) is 0 Å². The van der Waals surface area contributed by atoms with Crippen LogP contribution in [0.15, 0.2) is 48.5 Å². The van der Waals surface area contributed by atoms with E-state index in [0.717, 1.165) is 5.56 Å². The Kier molecular flexibility index (Phi) is 4.53. The zero-order valence-corrected chi connectivity index (χ0v) is 12.0. The molecule has 2 aromatic rings. The van der Waals surface area contributed by atoms with Crippen LogP contribution in [0.25, 0.3) is 0 Å². The molecule has 0 unspecified atom stereocenters. The summed E-state index contributed by atoms with van der Waals surface area (Å²) < 4.78 is 5.17. The number of carbonyl (C=O) groups excluding carboxylic acids is 1. The van der Waals surface area contributed by atoms with Crippen LogP contribution < -0.4 is 4.74 Å². The summed E-state index contributed by atoms with van der Waals surface area (Å²) in [5.74, 6) is -1.47. The number of aromatic carboxylic acids is 1. The summed E-state index contributed by atoms with van der Waals surface area (Å²) >= 11 is 3.32. The number of ether oxygens (including phenoxy) is 1. The molecule has 0 amide bonds. The first kappa shape index (κ1) is 14.3. The minimum Gasteiger partial charge on any atom is -0.478 e. The van der Waals surface area contributed by atoms with E-state index in [9.17, 15) is 9.59 Å². The molecule has 0 saturated heterocycles. The van der Waals surface area contributed by atoms with Crippen molar-refractivity contribution in [2.75, 3.05) is 0 Å². The van der Waals surface area contributed by atoms with Gasteiger partial charge < -0.3 is 9.84 Å². The number of rotatable bonds is 4. The first-order valence-corrected chi connectivity index (χ1v) is 6.93. The van der Waals surface area contributed by atoms with E-state index in [1.54, 1.807) is 24.3 Å². The van der Waals surface area contributed by atoms with Crippen LogP contribution in [0.4, 0.5) is 0 Å². The minimum atomic E-state index is -1.16. The topological polar surface area (TPSA) is 63.6 Å². The molecular weight excluding hydrogens is 324 g/mol. The summed E-state index contributed by atoms with van der Waals surface area (Å²) in [5, 5.41) is 9.75. The van der Waals surface area contributed by atoms with Gasteiger partial charge in [0, 0.05) is 5.33 Å². The molecule has 0 aliphatic heterocycles. The number of carboxylic acid groups (broad SMARTS) is 1. The predicted molar refractivity (Wildman–Crippen MR) is 77.4 cm³/mol. The van der Waals surface area contributed by atoms with Crippen LogP contribution in [0, 0.1) is 0 Å². The fourth-order valence-electron chi connectivity index (χ4n) is 1.66. The lowest BCUT2D eigenvalue weighted by atomic mass is 10.1. The molecular formula is C15H11BrO4. The smallest absolute Gasteiger partial charge is 0.344 e. The van der Waals surface area contributed by atoms with E-state index >= 15 is 0 Å². The predicted octanol–water partition coefficient (Wildman–Crippen LogP) is 3.50. The molecule has 0 fully saturated rings. The SMILES string of the molecule is O=C(O)c1ccccc1C(=O)Oc1ccc(CBr)cc1. The summed E-state index contributed by atoms with van der Waals surface area (Å²) in [5.41, 5.74) is 1.01. The van der Waals surface area contributed by atoms with Crippen LogP contribution in [0.5, 0.6) is 5.75 Å². The van der Waals surface area contributed by atoms with E-state index in [-0.39, 0.29) is 11.1 Å². The molecule has 0 heterocycles. The van der Waals surface area contributed by atoms with Crippen molar-refractivity contribution in [3.63, 3.8) is 0 Å². The van der Waals surface area contributed by atoms with Gasteiger partial charge in [0.2, 0.25) is 0 Å². The van der Waals surface area contributed by atoms with E-state index in [1.807, 2.05) is 12.1 Å².